The number of alkyl carbamates (subject to hydrolysis) is 1. The molecule has 3 aromatic carbocycles. The van der Waals surface area contributed by atoms with Gasteiger partial charge in [-0.1, -0.05) is 67.6 Å². The molecule has 3 unspecified atom stereocenters. The zero-order chi connectivity index (χ0) is 30.0. The number of ether oxygens (including phenoxy) is 2. The maximum absolute atomic E-state index is 14.5. The van der Waals surface area contributed by atoms with Gasteiger partial charge in [0.2, 0.25) is 5.91 Å². The quantitative estimate of drug-likeness (QED) is 0.294. The SMILES string of the molecule is CCC(C)N(C(=O)C(Cc1ccccc1)NC(=O)OC(C)(C)C)C(C(=O)Nc1ccc(OC)cc1)c1ccccc1. The average Bonchev–Trinajstić information content (AvgIpc) is 2.95. The molecule has 0 spiro atoms. The number of carbonyl (C=O) groups excluding carboxylic acids is 3. The van der Waals surface area contributed by atoms with Gasteiger partial charge < -0.3 is 25.0 Å². The van der Waals surface area contributed by atoms with Crippen LogP contribution in [0.3, 0.4) is 0 Å². The van der Waals surface area contributed by atoms with Crippen LogP contribution in [0.25, 0.3) is 0 Å². The predicted octanol–water partition coefficient (Wildman–Crippen LogP) is 6.14. The van der Waals surface area contributed by atoms with Crippen molar-refractivity contribution in [1.29, 1.82) is 0 Å². The second-order valence-electron chi connectivity index (χ2n) is 10.9. The summed E-state index contributed by atoms with van der Waals surface area (Å²) in [5, 5.41) is 5.76. The Labute approximate surface area is 243 Å². The highest BCUT2D eigenvalue weighted by Crippen LogP contribution is 2.28. The Bertz CT molecular complexity index is 1270. The molecule has 0 fully saturated rings. The van der Waals surface area contributed by atoms with Crippen molar-refractivity contribution in [2.45, 2.75) is 71.2 Å². The number of nitrogens with one attached hydrogen (secondary N) is 2. The number of hydrogen-bond donors (Lipinski definition) is 2. The van der Waals surface area contributed by atoms with Crippen LogP contribution in [0.5, 0.6) is 5.75 Å². The van der Waals surface area contributed by atoms with Crippen LogP contribution in [-0.4, -0.2) is 47.6 Å². The minimum Gasteiger partial charge on any atom is -0.497 e. The van der Waals surface area contributed by atoms with Crippen LogP contribution in [0.15, 0.2) is 84.9 Å². The molecule has 0 saturated heterocycles. The van der Waals surface area contributed by atoms with Crippen molar-refractivity contribution in [3.63, 3.8) is 0 Å². The van der Waals surface area contributed by atoms with Gasteiger partial charge in [-0.2, -0.15) is 0 Å². The molecule has 0 aliphatic carbocycles. The molecule has 41 heavy (non-hydrogen) atoms. The number of methoxy groups -OCH3 is 1. The molecule has 0 aliphatic rings. The smallest absolute Gasteiger partial charge is 0.408 e. The third-order valence-corrected chi connectivity index (χ3v) is 6.59. The van der Waals surface area contributed by atoms with E-state index in [-0.39, 0.29) is 24.3 Å². The molecule has 0 heterocycles. The number of rotatable bonds is 11. The van der Waals surface area contributed by atoms with E-state index in [1.165, 1.54) is 0 Å². The molecule has 8 heteroatoms. The molecule has 3 aromatic rings. The lowest BCUT2D eigenvalue weighted by atomic mass is 9.98. The molecule has 3 atom stereocenters. The van der Waals surface area contributed by atoms with Crippen molar-refractivity contribution >= 4 is 23.6 Å². The summed E-state index contributed by atoms with van der Waals surface area (Å²) in [7, 11) is 1.58. The Morgan fingerprint density at radius 2 is 1.46 bits per heavy atom. The summed E-state index contributed by atoms with van der Waals surface area (Å²) in [6.45, 7) is 9.16. The number of anilines is 1. The molecule has 0 saturated carbocycles. The molecule has 218 valence electrons. The van der Waals surface area contributed by atoms with Crippen LogP contribution >= 0.6 is 0 Å². The molecule has 3 rings (SSSR count). The van der Waals surface area contributed by atoms with E-state index in [1.807, 2.05) is 74.5 Å². The average molecular weight is 560 g/mol. The summed E-state index contributed by atoms with van der Waals surface area (Å²) in [5.74, 6) is -0.0884. The minimum absolute atomic E-state index is 0.230. The second-order valence-corrected chi connectivity index (χ2v) is 10.9. The zero-order valence-corrected chi connectivity index (χ0v) is 24.7. The number of benzene rings is 3. The summed E-state index contributed by atoms with van der Waals surface area (Å²) < 4.78 is 10.7. The van der Waals surface area contributed by atoms with Crippen molar-refractivity contribution in [3.8, 4) is 5.75 Å². The molecular weight excluding hydrogens is 518 g/mol. The van der Waals surface area contributed by atoms with Crippen LogP contribution in [0.1, 0.15) is 58.2 Å². The van der Waals surface area contributed by atoms with Gasteiger partial charge in [0.1, 0.15) is 23.4 Å². The van der Waals surface area contributed by atoms with E-state index in [9.17, 15) is 14.4 Å². The fraction of sp³-hybridized carbons (Fsp3) is 0.364. The largest absolute Gasteiger partial charge is 0.497 e. The van der Waals surface area contributed by atoms with Gasteiger partial charge in [-0.15, -0.1) is 0 Å². The highest BCUT2D eigenvalue weighted by Gasteiger charge is 2.38. The van der Waals surface area contributed by atoms with Gasteiger partial charge in [0.15, 0.2) is 0 Å². The maximum Gasteiger partial charge on any atom is 0.408 e. The highest BCUT2D eigenvalue weighted by atomic mass is 16.6. The first kappa shape index (κ1) is 31.2. The van der Waals surface area contributed by atoms with Crippen molar-refractivity contribution in [2.24, 2.45) is 0 Å². The summed E-state index contributed by atoms with van der Waals surface area (Å²) in [5.41, 5.74) is 1.35. The molecule has 0 aliphatic heterocycles. The van der Waals surface area contributed by atoms with E-state index in [2.05, 4.69) is 10.6 Å². The molecule has 3 amide bonds. The van der Waals surface area contributed by atoms with E-state index in [1.54, 1.807) is 57.0 Å². The van der Waals surface area contributed by atoms with Crippen molar-refractivity contribution in [2.75, 3.05) is 12.4 Å². The van der Waals surface area contributed by atoms with Crippen LogP contribution in [0.2, 0.25) is 0 Å². The standard InChI is InChI=1S/C33H41N3O5/c1-7-23(2)36(31(38)28(22-24-14-10-8-11-15-24)35-32(39)41-33(3,4)5)29(25-16-12-9-13-17-25)30(37)34-26-18-20-27(40-6)21-19-26/h8-21,23,28-29H,7,22H2,1-6H3,(H,34,37)(H,35,39). The summed E-state index contributed by atoms with van der Waals surface area (Å²) >= 11 is 0. The number of nitrogens with zero attached hydrogens (tertiary/aromatic N) is 1. The fourth-order valence-corrected chi connectivity index (χ4v) is 4.43. The van der Waals surface area contributed by atoms with Crippen molar-refractivity contribution < 1.29 is 23.9 Å². The first-order valence-electron chi connectivity index (χ1n) is 13.9. The van der Waals surface area contributed by atoms with Crippen molar-refractivity contribution in [3.05, 3.63) is 96.1 Å². The van der Waals surface area contributed by atoms with Crippen LogP contribution < -0.4 is 15.4 Å². The molecule has 8 nitrogen and oxygen atoms in total. The first-order valence-corrected chi connectivity index (χ1v) is 13.9. The Balaban J connectivity index is 2.03. The van der Waals surface area contributed by atoms with Crippen LogP contribution in [0.4, 0.5) is 10.5 Å². The lowest BCUT2D eigenvalue weighted by molar-refractivity contribution is -0.143. The third-order valence-electron chi connectivity index (χ3n) is 6.59. The van der Waals surface area contributed by atoms with E-state index in [0.29, 0.717) is 23.4 Å². The minimum atomic E-state index is -0.971. The van der Waals surface area contributed by atoms with E-state index >= 15 is 0 Å². The number of hydrogen-bond acceptors (Lipinski definition) is 5. The van der Waals surface area contributed by atoms with Gasteiger partial charge in [-0.3, -0.25) is 9.59 Å². The summed E-state index contributed by atoms with van der Waals surface area (Å²) in [6.07, 6.45) is 0.123. The molecule has 0 aromatic heterocycles. The second kappa shape index (κ2) is 14.3. The van der Waals surface area contributed by atoms with Crippen molar-refractivity contribution in [1.82, 2.24) is 10.2 Å². The monoisotopic (exact) mass is 559 g/mol. The maximum atomic E-state index is 14.5. The van der Waals surface area contributed by atoms with E-state index < -0.39 is 23.8 Å². The number of amides is 3. The zero-order valence-electron chi connectivity index (χ0n) is 24.7. The lowest BCUT2D eigenvalue weighted by Gasteiger charge is -2.38. The fourth-order valence-electron chi connectivity index (χ4n) is 4.43. The van der Waals surface area contributed by atoms with Gasteiger partial charge in [0, 0.05) is 18.2 Å². The molecule has 2 N–H and O–H groups in total. The summed E-state index contributed by atoms with van der Waals surface area (Å²) in [6, 6.07) is 23.4. The van der Waals surface area contributed by atoms with Gasteiger partial charge >= 0.3 is 6.09 Å². The van der Waals surface area contributed by atoms with E-state index in [4.69, 9.17) is 9.47 Å². The third kappa shape index (κ3) is 9.10. The van der Waals surface area contributed by atoms with Gasteiger partial charge in [0.25, 0.3) is 5.91 Å². The van der Waals surface area contributed by atoms with Gasteiger partial charge in [-0.25, -0.2) is 4.79 Å². The Morgan fingerprint density at radius 1 is 0.878 bits per heavy atom. The molecule has 0 bridgehead atoms. The predicted molar refractivity (Wildman–Crippen MR) is 161 cm³/mol. The van der Waals surface area contributed by atoms with Crippen LogP contribution in [0, 0.1) is 0 Å². The Morgan fingerprint density at radius 3 is 2.00 bits per heavy atom. The van der Waals surface area contributed by atoms with Gasteiger partial charge in [0.05, 0.1) is 7.11 Å². The molecule has 0 radical (unpaired) electrons. The topological polar surface area (TPSA) is 97.0 Å². The highest BCUT2D eigenvalue weighted by molar-refractivity contribution is 5.99. The van der Waals surface area contributed by atoms with Gasteiger partial charge in [-0.05, 0) is 69.5 Å². The van der Waals surface area contributed by atoms with E-state index in [0.717, 1.165) is 5.56 Å². The Kier molecular flexibility index (Phi) is 10.9. The van der Waals surface area contributed by atoms with Crippen LogP contribution in [-0.2, 0) is 20.7 Å². The summed E-state index contributed by atoms with van der Waals surface area (Å²) in [4.78, 5) is 42.9. The Hall–Kier alpha value is -4.33. The lowest BCUT2D eigenvalue weighted by Crippen LogP contribution is -2.55. The number of carbonyl (C=O) groups is 3. The first-order chi connectivity index (χ1) is 19.5. The normalized spacial score (nSPS) is 13.3. The molecular formula is C33H41N3O5.